The predicted molar refractivity (Wildman–Crippen MR) is 98.2 cm³/mol. The number of benzene rings is 1. The summed E-state index contributed by atoms with van der Waals surface area (Å²) in [5.74, 6) is -0.704. The van der Waals surface area contributed by atoms with Crippen molar-refractivity contribution in [3.63, 3.8) is 0 Å². The van der Waals surface area contributed by atoms with Crippen LogP contribution in [0.25, 0.3) is 10.9 Å². The van der Waals surface area contributed by atoms with E-state index in [-0.39, 0.29) is 22.9 Å². The molecular formula is C19H16FN3O2S. The standard InChI is InChI=1S/C19H16FN3O2S/c1-19(2)7-14-16(15(24)8-19)26-18(22-14)23-17(25)11-5-10-6-12(20)3-4-13(10)21-9-11/h3-6,9H,7-8H2,1-2H3,(H,22,23,25). The quantitative estimate of drug-likeness (QED) is 0.733. The lowest BCUT2D eigenvalue weighted by Crippen LogP contribution is -2.26. The van der Waals surface area contributed by atoms with E-state index in [2.05, 4.69) is 15.3 Å². The molecule has 1 amide bonds. The molecule has 132 valence electrons. The van der Waals surface area contributed by atoms with Gasteiger partial charge in [0.25, 0.3) is 5.91 Å². The van der Waals surface area contributed by atoms with Crippen LogP contribution in [0.2, 0.25) is 0 Å². The van der Waals surface area contributed by atoms with E-state index >= 15 is 0 Å². The Bertz CT molecular complexity index is 1060. The predicted octanol–water partition coefficient (Wildman–Crippen LogP) is 4.24. The smallest absolute Gasteiger partial charge is 0.259 e. The molecule has 2 aromatic heterocycles. The third kappa shape index (κ3) is 3.10. The molecule has 0 saturated heterocycles. The maximum atomic E-state index is 13.4. The lowest BCUT2D eigenvalue weighted by molar-refractivity contribution is 0.0915. The number of nitrogens with one attached hydrogen (secondary N) is 1. The number of nitrogens with zero attached hydrogens (tertiary/aromatic N) is 2. The number of pyridine rings is 1. The minimum atomic E-state index is -0.388. The van der Waals surface area contributed by atoms with Gasteiger partial charge in [0.15, 0.2) is 10.9 Å². The highest BCUT2D eigenvalue weighted by Crippen LogP contribution is 2.38. The Morgan fingerprint density at radius 3 is 2.88 bits per heavy atom. The number of carbonyl (C=O) groups is 2. The molecule has 0 bridgehead atoms. The minimum Gasteiger partial charge on any atom is -0.298 e. The van der Waals surface area contributed by atoms with Crippen LogP contribution in [-0.2, 0) is 6.42 Å². The van der Waals surface area contributed by atoms with Gasteiger partial charge in [-0.3, -0.25) is 19.9 Å². The molecule has 2 heterocycles. The van der Waals surface area contributed by atoms with Gasteiger partial charge in [0.05, 0.1) is 21.7 Å². The molecule has 0 unspecified atom stereocenters. The lowest BCUT2D eigenvalue weighted by Gasteiger charge is -2.26. The summed E-state index contributed by atoms with van der Waals surface area (Å²) >= 11 is 1.20. The monoisotopic (exact) mass is 369 g/mol. The number of Topliss-reactive ketones (excluding diaryl/α,β-unsaturated/α-hetero) is 1. The molecule has 1 aromatic carbocycles. The molecule has 3 aromatic rings. The number of fused-ring (bicyclic) bond motifs is 2. The van der Waals surface area contributed by atoms with Crippen LogP contribution < -0.4 is 5.32 Å². The number of amides is 1. The molecule has 0 radical (unpaired) electrons. The van der Waals surface area contributed by atoms with Crippen molar-refractivity contribution >= 4 is 39.1 Å². The Morgan fingerprint density at radius 2 is 2.08 bits per heavy atom. The molecule has 26 heavy (non-hydrogen) atoms. The number of thiazole rings is 1. The van der Waals surface area contributed by atoms with Crippen LogP contribution in [0.3, 0.4) is 0 Å². The number of hydrogen-bond donors (Lipinski definition) is 1. The van der Waals surface area contributed by atoms with Crippen LogP contribution in [0.1, 0.15) is 46.0 Å². The maximum Gasteiger partial charge on any atom is 0.259 e. The summed E-state index contributed by atoms with van der Waals surface area (Å²) in [5, 5.41) is 3.67. The second kappa shape index (κ2) is 5.95. The Morgan fingerprint density at radius 1 is 1.27 bits per heavy atom. The molecule has 0 fully saturated rings. The number of hydrogen-bond acceptors (Lipinski definition) is 5. The first kappa shape index (κ1) is 16.8. The fourth-order valence-electron chi connectivity index (χ4n) is 3.17. The molecule has 5 nitrogen and oxygen atoms in total. The van der Waals surface area contributed by atoms with E-state index < -0.39 is 0 Å². The van der Waals surface area contributed by atoms with Crippen molar-refractivity contribution in [1.29, 1.82) is 0 Å². The van der Waals surface area contributed by atoms with E-state index in [4.69, 9.17) is 0 Å². The topological polar surface area (TPSA) is 72.0 Å². The van der Waals surface area contributed by atoms with Gasteiger partial charge in [0.2, 0.25) is 0 Å². The first-order chi connectivity index (χ1) is 12.3. The van der Waals surface area contributed by atoms with Gasteiger partial charge in [-0.15, -0.1) is 0 Å². The van der Waals surface area contributed by atoms with E-state index in [0.29, 0.717) is 39.3 Å². The summed E-state index contributed by atoms with van der Waals surface area (Å²) in [5.41, 5.74) is 1.54. The van der Waals surface area contributed by atoms with Gasteiger partial charge < -0.3 is 0 Å². The van der Waals surface area contributed by atoms with Gasteiger partial charge >= 0.3 is 0 Å². The van der Waals surface area contributed by atoms with Crippen molar-refractivity contribution in [2.45, 2.75) is 26.7 Å². The summed E-state index contributed by atoms with van der Waals surface area (Å²) in [6.45, 7) is 4.07. The third-order valence-electron chi connectivity index (χ3n) is 4.36. The number of rotatable bonds is 2. The molecule has 0 saturated carbocycles. The van der Waals surface area contributed by atoms with E-state index in [1.54, 1.807) is 12.1 Å². The second-order valence-corrected chi connectivity index (χ2v) is 8.25. The highest BCUT2D eigenvalue weighted by atomic mass is 32.1. The third-order valence-corrected chi connectivity index (χ3v) is 5.42. The highest BCUT2D eigenvalue weighted by molar-refractivity contribution is 7.17. The van der Waals surface area contributed by atoms with Crippen LogP contribution in [0.5, 0.6) is 0 Å². The second-order valence-electron chi connectivity index (χ2n) is 7.25. The zero-order valence-electron chi connectivity index (χ0n) is 14.3. The van der Waals surface area contributed by atoms with Crippen molar-refractivity contribution in [2.24, 2.45) is 5.41 Å². The average molecular weight is 369 g/mol. The van der Waals surface area contributed by atoms with E-state index in [9.17, 15) is 14.0 Å². The van der Waals surface area contributed by atoms with Crippen LogP contribution in [0.15, 0.2) is 30.5 Å². The van der Waals surface area contributed by atoms with Gasteiger partial charge in [-0.25, -0.2) is 9.37 Å². The van der Waals surface area contributed by atoms with Crippen molar-refractivity contribution in [1.82, 2.24) is 9.97 Å². The number of ketones is 1. The number of anilines is 1. The van der Waals surface area contributed by atoms with Crippen LogP contribution in [-0.4, -0.2) is 21.7 Å². The molecular weight excluding hydrogens is 353 g/mol. The first-order valence-electron chi connectivity index (χ1n) is 8.20. The summed E-state index contributed by atoms with van der Waals surface area (Å²) in [6, 6.07) is 5.81. The summed E-state index contributed by atoms with van der Waals surface area (Å²) in [6.07, 6.45) is 2.63. The SMILES string of the molecule is CC1(C)CC(=O)c2sc(NC(=O)c3cnc4ccc(F)cc4c3)nc2C1. The van der Waals surface area contributed by atoms with Crippen LogP contribution in [0.4, 0.5) is 9.52 Å². The summed E-state index contributed by atoms with van der Waals surface area (Å²) < 4.78 is 13.4. The summed E-state index contributed by atoms with van der Waals surface area (Å²) in [7, 11) is 0. The van der Waals surface area contributed by atoms with Gasteiger partial charge in [0.1, 0.15) is 5.82 Å². The van der Waals surface area contributed by atoms with E-state index in [1.165, 1.54) is 29.7 Å². The Balaban J connectivity index is 1.60. The number of halogens is 1. The van der Waals surface area contributed by atoms with Crippen LogP contribution in [0, 0.1) is 11.2 Å². The van der Waals surface area contributed by atoms with Gasteiger partial charge in [-0.1, -0.05) is 25.2 Å². The molecule has 0 atom stereocenters. The van der Waals surface area contributed by atoms with Crippen LogP contribution >= 0.6 is 11.3 Å². The largest absolute Gasteiger partial charge is 0.298 e. The molecule has 7 heteroatoms. The van der Waals surface area contributed by atoms with E-state index in [1.807, 2.05) is 13.8 Å². The van der Waals surface area contributed by atoms with Crippen molar-refractivity contribution in [3.8, 4) is 0 Å². The van der Waals surface area contributed by atoms with Gasteiger partial charge in [-0.2, -0.15) is 0 Å². The Hall–Kier alpha value is -2.67. The zero-order chi connectivity index (χ0) is 18.5. The Kier molecular flexibility index (Phi) is 3.84. The number of carbonyl (C=O) groups excluding carboxylic acids is 2. The van der Waals surface area contributed by atoms with Gasteiger partial charge in [-0.05, 0) is 36.1 Å². The Labute approximate surface area is 153 Å². The average Bonchev–Trinajstić information content (AvgIpc) is 2.95. The zero-order valence-corrected chi connectivity index (χ0v) is 15.1. The molecule has 4 rings (SSSR count). The summed E-state index contributed by atoms with van der Waals surface area (Å²) in [4.78, 5) is 34.0. The normalized spacial score (nSPS) is 15.7. The van der Waals surface area contributed by atoms with Crippen molar-refractivity contribution in [3.05, 3.63) is 52.4 Å². The maximum absolute atomic E-state index is 13.4. The highest BCUT2D eigenvalue weighted by Gasteiger charge is 2.34. The van der Waals surface area contributed by atoms with Crippen molar-refractivity contribution < 1.29 is 14.0 Å². The minimum absolute atomic E-state index is 0.0668. The fourth-order valence-corrected chi connectivity index (χ4v) is 4.08. The lowest BCUT2D eigenvalue weighted by atomic mass is 9.78. The molecule has 0 aliphatic heterocycles. The van der Waals surface area contributed by atoms with Crippen molar-refractivity contribution in [2.75, 3.05) is 5.32 Å². The van der Waals surface area contributed by atoms with Gasteiger partial charge in [0, 0.05) is 18.0 Å². The molecule has 0 spiro atoms. The molecule has 1 N–H and O–H groups in total. The fraction of sp³-hybridized carbons (Fsp3) is 0.263. The molecule has 1 aliphatic rings. The molecule has 1 aliphatic carbocycles. The van der Waals surface area contributed by atoms with E-state index in [0.717, 1.165) is 5.69 Å². The number of aromatic nitrogens is 2. The first-order valence-corrected chi connectivity index (χ1v) is 9.02.